The standard InChI is InChI=1S/C11H13NS/c1-12(2)7-5-9-3-4-11-10(9)6-8-13-11/h3-6,8H,7H2,1-2H3/b9-5+. The van der Waals surface area contributed by atoms with Gasteiger partial charge in [-0.3, -0.25) is 0 Å². The maximum atomic E-state index is 2.27. The highest BCUT2D eigenvalue weighted by Gasteiger charge is 2.10. The molecule has 0 saturated heterocycles. The zero-order valence-corrected chi connectivity index (χ0v) is 8.77. The summed E-state index contributed by atoms with van der Waals surface area (Å²) in [6, 6.07) is 2.20. The van der Waals surface area contributed by atoms with Gasteiger partial charge in [0.15, 0.2) is 0 Å². The molecule has 0 atom stereocenters. The van der Waals surface area contributed by atoms with Crippen LogP contribution in [0.4, 0.5) is 0 Å². The number of fused-ring (bicyclic) bond motifs is 1. The summed E-state index contributed by atoms with van der Waals surface area (Å²) in [7, 11) is 4.18. The predicted octanol–water partition coefficient (Wildman–Crippen LogP) is 2.72. The van der Waals surface area contributed by atoms with Gasteiger partial charge in [0, 0.05) is 11.4 Å². The molecule has 0 unspecified atom stereocenters. The van der Waals surface area contributed by atoms with Gasteiger partial charge in [-0.1, -0.05) is 12.2 Å². The van der Waals surface area contributed by atoms with E-state index in [1.807, 2.05) is 11.3 Å². The number of rotatable bonds is 2. The Hall–Kier alpha value is -0.860. The number of hydrogen-bond acceptors (Lipinski definition) is 2. The van der Waals surface area contributed by atoms with Gasteiger partial charge in [0.1, 0.15) is 0 Å². The summed E-state index contributed by atoms with van der Waals surface area (Å²) < 4.78 is 0. The highest BCUT2D eigenvalue weighted by Crippen LogP contribution is 2.32. The Balaban J connectivity index is 2.21. The van der Waals surface area contributed by atoms with Gasteiger partial charge >= 0.3 is 0 Å². The lowest BCUT2D eigenvalue weighted by Crippen LogP contribution is -2.10. The predicted molar refractivity (Wildman–Crippen MR) is 59.9 cm³/mol. The third-order valence-corrected chi connectivity index (χ3v) is 2.98. The molecule has 13 heavy (non-hydrogen) atoms. The number of nitrogens with zero attached hydrogens (tertiary/aromatic N) is 1. The molecule has 0 N–H and O–H groups in total. The van der Waals surface area contributed by atoms with Crippen LogP contribution in [0.25, 0.3) is 11.6 Å². The lowest BCUT2D eigenvalue weighted by Gasteiger charge is -2.05. The molecule has 68 valence electrons. The first kappa shape index (κ1) is 8.73. The summed E-state index contributed by atoms with van der Waals surface area (Å²) in [6.07, 6.45) is 6.67. The maximum Gasteiger partial charge on any atom is 0.0348 e. The third-order valence-electron chi connectivity index (χ3n) is 2.10. The largest absolute Gasteiger partial charge is 0.306 e. The highest BCUT2D eigenvalue weighted by atomic mass is 32.1. The van der Waals surface area contributed by atoms with Gasteiger partial charge in [0.25, 0.3) is 0 Å². The Kier molecular flexibility index (Phi) is 2.34. The molecule has 2 heteroatoms. The molecule has 1 aromatic rings. The van der Waals surface area contributed by atoms with Crippen LogP contribution in [0.2, 0.25) is 0 Å². The first-order chi connectivity index (χ1) is 6.27. The Morgan fingerprint density at radius 3 is 3.00 bits per heavy atom. The van der Waals surface area contributed by atoms with Gasteiger partial charge in [0.2, 0.25) is 0 Å². The summed E-state index contributed by atoms with van der Waals surface area (Å²) in [5.41, 5.74) is 2.76. The van der Waals surface area contributed by atoms with Crippen molar-refractivity contribution in [2.75, 3.05) is 20.6 Å². The van der Waals surface area contributed by atoms with Crippen molar-refractivity contribution in [2.24, 2.45) is 0 Å². The molecule has 0 fully saturated rings. The van der Waals surface area contributed by atoms with Gasteiger partial charge in [0.05, 0.1) is 0 Å². The van der Waals surface area contributed by atoms with Gasteiger partial charge in [-0.2, -0.15) is 0 Å². The van der Waals surface area contributed by atoms with E-state index in [2.05, 4.69) is 48.7 Å². The molecule has 1 heterocycles. The monoisotopic (exact) mass is 191 g/mol. The molecule has 2 rings (SSSR count). The smallest absolute Gasteiger partial charge is 0.0348 e. The fraction of sp³-hybridized carbons (Fsp3) is 0.273. The molecule has 0 saturated carbocycles. The summed E-state index contributed by atoms with van der Waals surface area (Å²) in [5.74, 6) is 0. The molecular formula is C11H13NS. The second-order valence-electron chi connectivity index (χ2n) is 3.45. The van der Waals surface area contributed by atoms with E-state index in [1.165, 1.54) is 16.0 Å². The van der Waals surface area contributed by atoms with E-state index in [4.69, 9.17) is 0 Å². The lowest BCUT2D eigenvalue weighted by molar-refractivity contribution is 0.457. The van der Waals surface area contributed by atoms with Crippen LogP contribution in [0, 0.1) is 0 Å². The van der Waals surface area contributed by atoms with E-state index in [-0.39, 0.29) is 0 Å². The molecule has 1 aromatic heterocycles. The van der Waals surface area contributed by atoms with E-state index >= 15 is 0 Å². The van der Waals surface area contributed by atoms with E-state index in [1.54, 1.807) is 0 Å². The quantitative estimate of drug-likeness (QED) is 0.694. The van der Waals surface area contributed by atoms with E-state index in [0.29, 0.717) is 0 Å². The molecule has 1 aliphatic carbocycles. The molecule has 1 nitrogen and oxygen atoms in total. The van der Waals surface area contributed by atoms with Gasteiger partial charge in [-0.15, -0.1) is 11.3 Å². The van der Waals surface area contributed by atoms with Crippen LogP contribution in [0.1, 0.15) is 10.4 Å². The molecule has 0 bridgehead atoms. The van der Waals surface area contributed by atoms with Crippen molar-refractivity contribution < 1.29 is 0 Å². The Bertz CT molecular complexity index is 358. The number of allylic oxidation sites excluding steroid dienone is 2. The molecule has 1 aliphatic rings. The van der Waals surface area contributed by atoms with Crippen molar-refractivity contribution in [2.45, 2.75) is 0 Å². The number of likely N-dealkylation sites (N-methyl/N-ethyl adjacent to an activating group) is 1. The normalized spacial score (nSPS) is 17.3. The second-order valence-corrected chi connectivity index (χ2v) is 4.40. The first-order valence-corrected chi connectivity index (χ1v) is 5.26. The average molecular weight is 191 g/mol. The van der Waals surface area contributed by atoms with Crippen molar-refractivity contribution in [3.63, 3.8) is 0 Å². The molecule has 0 amide bonds. The minimum atomic E-state index is 1.01. The van der Waals surface area contributed by atoms with Crippen molar-refractivity contribution in [1.82, 2.24) is 4.90 Å². The van der Waals surface area contributed by atoms with Crippen LogP contribution < -0.4 is 0 Å². The summed E-state index contributed by atoms with van der Waals surface area (Å²) in [4.78, 5) is 3.57. The van der Waals surface area contributed by atoms with Crippen LogP contribution in [0.15, 0.2) is 23.6 Å². The van der Waals surface area contributed by atoms with Crippen molar-refractivity contribution in [3.05, 3.63) is 34.0 Å². The zero-order valence-electron chi connectivity index (χ0n) is 7.95. The van der Waals surface area contributed by atoms with Crippen molar-refractivity contribution >= 4 is 23.0 Å². The van der Waals surface area contributed by atoms with E-state index < -0.39 is 0 Å². The van der Waals surface area contributed by atoms with Crippen LogP contribution in [-0.4, -0.2) is 25.5 Å². The summed E-state index contributed by atoms with van der Waals surface area (Å²) in [5, 5.41) is 2.15. The topological polar surface area (TPSA) is 3.24 Å². The number of hydrogen-bond donors (Lipinski definition) is 0. The fourth-order valence-electron chi connectivity index (χ4n) is 1.40. The summed E-state index contributed by atoms with van der Waals surface area (Å²) in [6.45, 7) is 1.01. The minimum absolute atomic E-state index is 1.01. The average Bonchev–Trinajstić information content (AvgIpc) is 2.60. The minimum Gasteiger partial charge on any atom is -0.306 e. The van der Waals surface area contributed by atoms with Crippen LogP contribution in [0.3, 0.4) is 0 Å². The van der Waals surface area contributed by atoms with Crippen LogP contribution >= 0.6 is 11.3 Å². The molecular weight excluding hydrogens is 178 g/mol. The Morgan fingerprint density at radius 1 is 1.38 bits per heavy atom. The molecule has 0 aliphatic heterocycles. The molecule has 0 radical (unpaired) electrons. The fourth-order valence-corrected chi connectivity index (χ4v) is 2.21. The molecule has 0 spiro atoms. The lowest BCUT2D eigenvalue weighted by atomic mass is 10.1. The number of thiophene rings is 1. The third kappa shape index (κ3) is 1.74. The van der Waals surface area contributed by atoms with Crippen LogP contribution in [-0.2, 0) is 0 Å². The maximum absolute atomic E-state index is 2.27. The first-order valence-electron chi connectivity index (χ1n) is 4.38. The van der Waals surface area contributed by atoms with E-state index in [0.717, 1.165) is 6.54 Å². The second kappa shape index (κ2) is 3.48. The SMILES string of the molecule is CN(C)C/C=C1\C=Cc2sccc21. The zero-order chi connectivity index (χ0) is 9.26. The van der Waals surface area contributed by atoms with Gasteiger partial charge in [-0.05, 0) is 42.8 Å². The van der Waals surface area contributed by atoms with Gasteiger partial charge < -0.3 is 4.90 Å². The summed E-state index contributed by atoms with van der Waals surface area (Å²) >= 11 is 1.81. The van der Waals surface area contributed by atoms with Crippen molar-refractivity contribution in [3.8, 4) is 0 Å². The Labute approximate surface area is 83.0 Å². The van der Waals surface area contributed by atoms with Crippen LogP contribution in [0.5, 0.6) is 0 Å². The van der Waals surface area contributed by atoms with E-state index in [9.17, 15) is 0 Å². The van der Waals surface area contributed by atoms with Gasteiger partial charge in [-0.25, -0.2) is 0 Å². The van der Waals surface area contributed by atoms with Crippen molar-refractivity contribution in [1.29, 1.82) is 0 Å². The Morgan fingerprint density at radius 2 is 2.23 bits per heavy atom. The highest BCUT2D eigenvalue weighted by molar-refractivity contribution is 7.11. The molecule has 0 aromatic carbocycles.